The van der Waals surface area contributed by atoms with Crippen LogP contribution in [0.4, 0.5) is 0 Å². The van der Waals surface area contributed by atoms with Crippen LogP contribution in [0.25, 0.3) is 0 Å². The first-order valence-electron chi connectivity index (χ1n) is 7.97. The third kappa shape index (κ3) is 4.32. The first-order chi connectivity index (χ1) is 11.4. The Bertz CT molecular complexity index is 591. The van der Waals surface area contributed by atoms with E-state index in [1.807, 2.05) is 61.5 Å². The van der Waals surface area contributed by atoms with Crippen LogP contribution in [0.15, 0.2) is 54.6 Å². The van der Waals surface area contributed by atoms with Crippen LogP contribution >= 0.6 is 0 Å². The van der Waals surface area contributed by atoms with Gasteiger partial charge in [0.25, 0.3) is 0 Å². The topological polar surface area (TPSA) is 36.9 Å². The Morgan fingerprint density at radius 3 is 2.39 bits per heavy atom. The van der Waals surface area contributed by atoms with Gasteiger partial charge in [-0.25, -0.2) is 0 Å². The maximum absolute atomic E-state index is 5.85. The molecule has 0 bridgehead atoms. The number of hydrogen-bond acceptors (Lipinski definition) is 4. The summed E-state index contributed by atoms with van der Waals surface area (Å²) in [6.07, 6.45) is -0.444. The van der Waals surface area contributed by atoms with E-state index in [-0.39, 0.29) is 6.10 Å². The van der Waals surface area contributed by atoms with E-state index < -0.39 is 6.29 Å². The maximum atomic E-state index is 5.85. The number of hydrogen-bond donors (Lipinski definition) is 0. The van der Waals surface area contributed by atoms with Crippen molar-refractivity contribution in [3.05, 3.63) is 65.7 Å². The van der Waals surface area contributed by atoms with Crippen LogP contribution in [-0.2, 0) is 20.8 Å². The quantitative estimate of drug-likeness (QED) is 0.814. The molecule has 0 aromatic heterocycles. The van der Waals surface area contributed by atoms with E-state index in [9.17, 15) is 0 Å². The summed E-state index contributed by atoms with van der Waals surface area (Å²) >= 11 is 0. The van der Waals surface area contributed by atoms with Gasteiger partial charge in [0, 0.05) is 5.56 Å². The van der Waals surface area contributed by atoms with Crippen molar-refractivity contribution in [2.24, 2.45) is 0 Å². The number of rotatable bonds is 6. The zero-order valence-corrected chi connectivity index (χ0v) is 13.3. The predicted molar refractivity (Wildman–Crippen MR) is 87.3 cm³/mol. The number of benzene rings is 2. The average Bonchev–Trinajstić information content (AvgIpc) is 2.62. The van der Waals surface area contributed by atoms with Crippen LogP contribution in [0.3, 0.4) is 0 Å². The Morgan fingerprint density at radius 2 is 1.65 bits per heavy atom. The van der Waals surface area contributed by atoms with Crippen molar-refractivity contribution < 1.29 is 18.9 Å². The fourth-order valence-electron chi connectivity index (χ4n) is 2.51. The third-order valence-corrected chi connectivity index (χ3v) is 3.67. The Balaban J connectivity index is 1.52. The molecule has 1 aliphatic rings. The van der Waals surface area contributed by atoms with Crippen LogP contribution < -0.4 is 4.74 Å². The van der Waals surface area contributed by atoms with E-state index in [2.05, 4.69) is 0 Å². The molecule has 1 heterocycles. The van der Waals surface area contributed by atoms with E-state index >= 15 is 0 Å². The lowest BCUT2D eigenvalue weighted by Crippen LogP contribution is -2.33. The molecular formula is C19H22O4. The summed E-state index contributed by atoms with van der Waals surface area (Å²) in [7, 11) is 0. The van der Waals surface area contributed by atoms with E-state index in [1.165, 1.54) is 0 Å². The molecule has 0 aliphatic carbocycles. The molecule has 23 heavy (non-hydrogen) atoms. The van der Waals surface area contributed by atoms with Crippen molar-refractivity contribution in [2.45, 2.75) is 25.9 Å². The fourth-order valence-corrected chi connectivity index (χ4v) is 2.51. The Kier molecular flexibility index (Phi) is 5.64. The predicted octanol–water partition coefficient (Wildman–Crippen LogP) is 3.72. The fraction of sp³-hybridized carbons (Fsp3) is 0.368. The van der Waals surface area contributed by atoms with Gasteiger partial charge in [0.15, 0.2) is 6.29 Å². The molecule has 0 spiro atoms. The Hall–Kier alpha value is -1.88. The van der Waals surface area contributed by atoms with Gasteiger partial charge in [-0.2, -0.15) is 0 Å². The van der Waals surface area contributed by atoms with E-state index in [4.69, 9.17) is 18.9 Å². The minimum atomic E-state index is -0.394. The molecule has 1 aliphatic heterocycles. The van der Waals surface area contributed by atoms with Gasteiger partial charge >= 0.3 is 0 Å². The van der Waals surface area contributed by atoms with Gasteiger partial charge in [0.1, 0.15) is 11.9 Å². The second-order valence-electron chi connectivity index (χ2n) is 5.39. The van der Waals surface area contributed by atoms with Crippen LogP contribution in [-0.4, -0.2) is 25.9 Å². The van der Waals surface area contributed by atoms with Crippen molar-refractivity contribution in [1.82, 2.24) is 0 Å². The molecule has 4 heteroatoms. The van der Waals surface area contributed by atoms with Gasteiger partial charge in [-0.15, -0.1) is 0 Å². The molecule has 1 fully saturated rings. The SMILES string of the molecule is CCOc1ccccc1C1OCC(OCc2ccccc2)CO1. The van der Waals surface area contributed by atoms with Gasteiger partial charge in [0.05, 0.1) is 26.4 Å². The van der Waals surface area contributed by atoms with Crippen LogP contribution in [0.5, 0.6) is 5.75 Å². The minimum Gasteiger partial charge on any atom is -0.493 e. The molecule has 3 rings (SSSR count). The Morgan fingerprint density at radius 1 is 0.957 bits per heavy atom. The minimum absolute atomic E-state index is 0.0503. The molecule has 2 aromatic carbocycles. The van der Waals surface area contributed by atoms with Gasteiger partial charge in [0.2, 0.25) is 0 Å². The maximum Gasteiger partial charge on any atom is 0.187 e. The van der Waals surface area contributed by atoms with Crippen molar-refractivity contribution in [1.29, 1.82) is 0 Å². The highest BCUT2D eigenvalue weighted by Gasteiger charge is 2.26. The lowest BCUT2D eigenvalue weighted by molar-refractivity contribution is -0.233. The standard InChI is InChI=1S/C19H22O4/c1-2-20-18-11-7-6-10-17(18)19-22-13-16(14-23-19)21-12-15-8-4-3-5-9-15/h3-11,16,19H,2,12-14H2,1H3. The second kappa shape index (κ2) is 8.11. The van der Waals surface area contributed by atoms with Crippen LogP contribution in [0, 0.1) is 0 Å². The highest BCUT2D eigenvalue weighted by atomic mass is 16.7. The lowest BCUT2D eigenvalue weighted by atomic mass is 10.2. The first-order valence-corrected chi connectivity index (χ1v) is 7.97. The van der Waals surface area contributed by atoms with Gasteiger partial charge < -0.3 is 18.9 Å². The van der Waals surface area contributed by atoms with Crippen LogP contribution in [0.1, 0.15) is 24.3 Å². The summed E-state index contributed by atoms with van der Waals surface area (Å²) in [4.78, 5) is 0. The highest BCUT2D eigenvalue weighted by Crippen LogP contribution is 2.31. The second-order valence-corrected chi connectivity index (χ2v) is 5.39. The molecule has 0 unspecified atom stereocenters. The molecule has 0 amide bonds. The van der Waals surface area contributed by atoms with E-state index in [0.29, 0.717) is 26.4 Å². The summed E-state index contributed by atoms with van der Waals surface area (Å²) in [6.45, 7) is 4.17. The average molecular weight is 314 g/mol. The Labute approximate surface area is 136 Å². The smallest absolute Gasteiger partial charge is 0.187 e. The zero-order valence-electron chi connectivity index (χ0n) is 13.3. The van der Waals surface area contributed by atoms with Gasteiger partial charge in [-0.3, -0.25) is 0 Å². The van der Waals surface area contributed by atoms with E-state index in [1.54, 1.807) is 0 Å². The highest BCUT2D eigenvalue weighted by molar-refractivity contribution is 5.34. The van der Waals surface area contributed by atoms with Crippen molar-refractivity contribution in [3.63, 3.8) is 0 Å². The van der Waals surface area contributed by atoms with E-state index in [0.717, 1.165) is 16.9 Å². The number of para-hydroxylation sites is 1. The lowest BCUT2D eigenvalue weighted by Gasteiger charge is -2.30. The first kappa shape index (κ1) is 16.0. The molecule has 1 saturated heterocycles. The molecule has 122 valence electrons. The zero-order chi connectivity index (χ0) is 15.9. The third-order valence-electron chi connectivity index (χ3n) is 3.67. The van der Waals surface area contributed by atoms with Gasteiger partial charge in [-0.1, -0.05) is 48.5 Å². The summed E-state index contributed by atoms with van der Waals surface area (Å²) in [6, 6.07) is 17.9. The van der Waals surface area contributed by atoms with Crippen molar-refractivity contribution >= 4 is 0 Å². The number of ether oxygens (including phenoxy) is 4. The normalized spacial score (nSPS) is 21.1. The largest absolute Gasteiger partial charge is 0.493 e. The molecule has 2 aromatic rings. The molecule has 0 saturated carbocycles. The monoisotopic (exact) mass is 314 g/mol. The summed E-state index contributed by atoms with van der Waals surface area (Å²) in [5, 5.41) is 0. The molecular weight excluding hydrogens is 292 g/mol. The summed E-state index contributed by atoms with van der Waals surface area (Å²) in [5.74, 6) is 0.809. The van der Waals surface area contributed by atoms with Crippen LogP contribution in [0.2, 0.25) is 0 Å². The molecule has 0 N–H and O–H groups in total. The summed E-state index contributed by atoms with van der Waals surface area (Å²) in [5.41, 5.74) is 2.08. The van der Waals surface area contributed by atoms with Gasteiger partial charge in [-0.05, 0) is 18.6 Å². The van der Waals surface area contributed by atoms with Crippen molar-refractivity contribution in [2.75, 3.05) is 19.8 Å². The molecule has 0 atom stereocenters. The molecule has 0 radical (unpaired) electrons. The van der Waals surface area contributed by atoms with Crippen molar-refractivity contribution in [3.8, 4) is 5.75 Å². The molecule has 4 nitrogen and oxygen atoms in total. The summed E-state index contributed by atoms with van der Waals surface area (Å²) < 4.78 is 23.1.